The lowest BCUT2D eigenvalue weighted by Gasteiger charge is -2.08. The molecule has 5 nitrogen and oxygen atoms in total. The first-order valence-corrected chi connectivity index (χ1v) is 7.41. The summed E-state index contributed by atoms with van der Waals surface area (Å²) in [4.78, 5) is 27.4. The van der Waals surface area contributed by atoms with Crippen LogP contribution in [0.25, 0.3) is 0 Å². The van der Waals surface area contributed by atoms with Crippen molar-refractivity contribution in [1.82, 2.24) is 4.98 Å². The Morgan fingerprint density at radius 2 is 2.09 bits per heavy atom. The maximum Gasteiger partial charge on any atom is 0.340 e. The normalized spacial score (nSPS) is 10.2. The van der Waals surface area contributed by atoms with Crippen LogP contribution in [-0.4, -0.2) is 29.7 Å². The number of anilines is 1. The van der Waals surface area contributed by atoms with Gasteiger partial charge < -0.3 is 10.1 Å². The molecule has 1 aromatic heterocycles. The van der Waals surface area contributed by atoms with E-state index in [4.69, 9.17) is 0 Å². The van der Waals surface area contributed by atoms with Gasteiger partial charge in [-0.3, -0.25) is 4.79 Å². The molecule has 0 saturated carbocycles. The fourth-order valence-electron chi connectivity index (χ4n) is 1.68. The number of benzene rings is 1. The summed E-state index contributed by atoms with van der Waals surface area (Å²) < 4.78 is 30.9. The van der Waals surface area contributed by atoms with Crippen LogP contribution in [-0.2, 0) is 9.53 Å². The number of methoxy groups -OCH3 is 1. The molecule has 0 bridgehead atoms. The molecular formula is C15H12F2N2O3S. The van der Waals surface area contributed by atoms with Gasteiger partial charge in [0, 0.05) is 12.3 Å². The number of nitrogens with one attached hydrogen (secondary N) is 1. The summed E-state index contributed by atoms with van der Waals surface area (Å²) in [5.41, 5.74) is 0.118. The van der Waals surface area contributed by atoms with Gasteiger partial charge in [0.2, 0.25) is 5.91 Å². The van der Waals surface area contributed by atoms with E-state index in [0.29, 0.717) is 11.1 Å². The highest BCUT2D eigenvalue weighted by Gasteiger charge is 2.15. The van der Waals surface area contributed by atoms with Gasteiger partial charge in [-0.15, -0.1) is 0 Å². The van der Waals surface area contributed by atoms with Crippen LogP contribution in [0.1, 0.15) is 10.4 Å². The molecule has 8 heteroatoms. The summed E-state index contributed by atoms with van der Waals surface area (Å²) in [5.74, 6) is -2.77. The van der Waals surface area contributed by atoms with Crippen LogP contribution >= 0.6 is 11.8 Å². The molecule has 0 aliphatic heterocycles. The monoisotopic (exact) mass is 338 g/mol. The van der Waals surface area contributed by atoms with Crippen LogP contribution in [0.2, 0.25) is 0 Å². The largest absolute Gasteiger partial charge is 0.465 e. The number of carbonyl (C=O) groups is 2. The van der Waals surface area contributed by atoms with Gasteiger partial charge >= 0.3 is 5.97 Å². The van der Waals surface area contributed by atoms with E-state index in [0.717, 1.165) is 23.9 Å². The maximum absolute atomic E-state index is 13.5. The highest BCUT2D eigenvalue weighted by atomic mass is 32.2. The van der Waals surface area contributed by atoms with E-state index in [2.05, 4.69) is 15.0 Å². The molecule has 2 rings (SSSR count). The Morgan fingerprint density at radius 1 is 1.30 bits per heavy atom. The van der Waals surface area contributed by atoms with Gasteiger partial charge in [0.1, 0.15) is 16.7 Å². The predicted octanol–water partition coefficient (Wildman–Crippen LogP) is 2.88. The number of halogens is 2. The first-order valence-electron chi connectivity index (χ1n) is 6.42. The molecule has 2 aromatic rings. The van der Waals surface area contributed by atoms with Crippen molar-refractivity contribution in [2.24, 2.45) is 0 Å². The standard InChI is InChI=1S/C15H12F2N2O3S/c1-22-15(21)10-3-2-6-18-14(10)23-8-13(20)19-12-5-4-9(16)7-11(12)17/h2-7H,8H2,1H3,(H,19,20). The molecule has 0 unspecified atom stereocenters. The van der Waals surface area contributed by atoms with Crippen LogP contribution < -0.4 is 5.32 Å². The number of hydrogen-bond donors (Lipinski definition) is 1. The topological polar surface area (TPSA) is 68.3 Å². The lowest BCUT2D eigenvalue weighted by atomic mass is 10.3. The van der Waals surface area contributed by atoms with Gasteiger partial charge in [-0.05, 0) is 24.3 Å². The fraction of sp³-hybridized carbons (Fsp3) is 0.133. The molecule has 1 aromatic carbocycles. The van der Waals surface area contributed by atoms with E-state index in [9.17, 15) is 18.4 Å². The number of nitrogens with zero attached hydrogens (tertiary/aromatic N) is 1. The zero-order valence-electron chi connectivity index (χ0n) is 12.0. The van der Waals surface area contributed by atoms with Gasteiger partial charge in [-0.2, -0.15) is 0 Å². The summed E-state index contributed by atoms with van der Waals surface area (Å²) in [6.45, 7) is 0. The number of pyridine rings is 1. The minimum Gasteiger partial charge on any atom is -0.465 e. The van der Waals surface area contributed by atoms with Crippen molar-refractivity contribution in [3.05, 3.63) is 53.7 Å². The molecule has 1 N–H and O–H groups in total. The van der Waals surface area contributed by atoms with Gasteiger partial charge in [0.05, 0.1) is 24.1 Å². The van der Waals surface area contributed by atoms with E-state index in [1.807, 2.05) is 0 Å². The summed E-state index contributed by atoms with van der Waals surface area (Å²) >= 11 is 1.01. The molecule has 0 saturated heterocycles. The van der Waals surface area contributed by atoms with E-state index < -0.39 is 23.5 Å². The Bertz CT molecular complexity index is 740. The fourth-order valence-corrected chi connectivity index (χ4v) is 2.46. The first-order chi connectivity index (χ1) is 11.0. The number of hydrogen-bond acceptors (Lipinski definition) is 5. The predicted molar refractivity (Wildman–Crippen MR) is 81.3 cm³/mol. The second kappa shape index (κ2) is 7.68. The van der Waals surface area contributed by atoms with Crippen molar-refractivity contribution in [1.29, 1.82) is 0 Å². The number of aromatic nitrogens is 1. The van der Waals surface area contributed by atoms with Crippen molar-refractivity contribution >= 4 is 29.3 Å². The molecule has 0 aliphatic carbocycles. The van der Waals surface area contributed by atoms with Crippen molar-refractivity contribution in [2.45, 2.75) is 5.03 Å². The van der Waals surface area contributed by atoms with Crippen molar-refractivity contribution in [2.75, 3.05) is 18.2 Å². The van der Waals surface area contributed by atoms with Gasteiger partial charge in [0.15, 0.2) is 0 Å². The summed E-state index contributed by atoms with van der Waals surface area (Å²) in [6, 6.07) is 5.95. The highest BCUT2D eigenvalue weighted by Crippen LogP contribution is 2.21. The minimum atomic E-state index is -0.864. The van der Waals surface area contributed by atoms with Crippen LogP contribution in [0, 0.1) is 11.6 Å². The third kappa shape index (κ3) is 4.49. The van der Waals surface area contributed by atoms with Crippen molar-refractivity contribution in [3.8, 4) is 0 Å². The molecule has 0 radical (unpaired) electrons. The van der Waals surface area contributed by atoms with Gasteiger partial charge in [0.25, 0.3) is 0 Å². The Balaban J connectivity index is 2.01. The number of carbonyl (C=O) groups excluding carboxylic acids is 2. The molecule has 0 aliphatic rings. The SMILES string of the molecule is COC(=O)c1cccnc1SCC(=O)Nc1ccc(F)cc1F. The zero-order chi connectivity index (χ0) is 16.8. The third-order valence-corrected chi connectivity index (χ3v) is 3.73. The van der Waals surface area contributed by atoms with E-state index in [1.165, 1.54) is 19.4 Å². The molecule has 120 valence electrons. The highest BCUT2D eigenvalue weighted by molar-refractivity contribution is 8.00. The second-order valence-corrected chi connectivity index (χ2v) is 5.27. The van der Waals surface area contributed by atoms with E-state index >= 15 is 0 Å². The summed E-state index contributed by atoms with van der Waals surface area (Å²) in [7, 11) is 1.24. The number of rotatable bonds is 5. The van der Waals surface area contributed by atoms with Crippen molar-refractivity contribution in [3.63, 3.8) is 0 Å². The second-order valence-electron chi connectivity index (χ2n) is 4.31. The van der Waals surface area contributed by atoms with Crippen LogP contribution in [0.5, 0.6) is 0 Å². The Hall–Kier alpha value is -2.48. The summed E-state index contributed by atoms with van der Waals surface area (Å²) in [6.07, 6.45) is 1.48. The average molecular weight is 338 g/mol. The average Bonchev–Trinajstić information content (AvgIpc) is 2.55. The smallest absolute Gasteiger partial charge is 0.340 e. The molecule has 1 amide bonds. The maximum atomic E-state index is 13.5. The Morgan fingerprint density at radius 3 is 2.78 bits per heavy atom. The molecule has 0 atom stereocenters. The quantitative estimate of drug-likeness (QED) is 0.671. The minimum absolute atomic E-state index is 0.0994. The first kappa shape index (κ1) is 16.9. The van der Waals surface area contributed by atoms with Gasteiger partial charge in [-0.25, -0.2) is 18.6 Å². The lowest BCUT2D eigenvalue weighted by Crippen LogP contribution is -2.15. The van der Waals surface area contributed by atoms with Crippen LogP contribution in [0.3, 0.4) is 0 Å². The van der Waals surface area contributed by atoms with E-state index in [1.54, 1.807) is 6.07 Å². The molecule has 0 spiro atoms. The van der Waals surface area contributed by atoms with E-state index in [-0.39, 0.29) is 17.0 Å². The molecular weight excluding hydrogens is 326 g/mol. The number of amides is 1. The molecule has 23 heavy (non-hydrogen) atoms. The number of esters is 1. The third-order valence-electron chi connectivity index (χ3n) is 2.72. The van der Waals surface area contributed by atoms with Gasteiger partial charge in [-0.1, -0.05) is 11.8 Å². The van der Waals surface area contributed by atoms with Crippen molar-refractivity contribution < 1.29 is 23.1 Å². The molecule has 1 heterocycles. The zero-order valence-corrected chi connectivity index (χ0v) is 12.8. The lowest BCUT2D eigenvalue weighted by molar-refractivity contribution is -0.113. The number of thioether (sulfide) groups is 1. The molecule has 0 fully saturated rings. The Kier molecular flexibility index (Phi) is 5.64. The summed E-state index contributed by atoms with van der Waals surface area (Å²) in [5, 5.41) is 2.65. The van der Waals surface area contributed by atoms with Crippen LogP contribution in [0.15, 0.2) is 41.6 Å². The van der Waals surface area contributed by atoms with Crippen LogP contribution in [0.4, 0.5) is 14.5 Å². The Labute approximate surface area is 135 Å². The number of ether oxygens (including phenoxy) is 1.